The second-order valence-corrected chi connectivity index (χ2v) is 6.74. The van der Waals surface area contributed by atoms with Crippen molar-refractivity contribution in [2.24, 2.45) is 5.92 Å². The van der Waals surface area contributed by atoms with Crippen molar-refractivity contribution in [2.45, 2.75) is 50.4 Å². The lowest BCUT2D eigenvalue weighted by Crippen LogP contribution is -2.31. The predicted molar refractivity (Wildman–Crippen MR) is 80.5 cm³/mol. The van der Waals surface area contributed by atoms with Gasteiger partial charge in [0.2, 0.25) is 11.9 Å². The van der Waals surface area contributed by atoms with Crippen molar-refractivity contribution in [3.8, 4) is 0 Å². The predicted octanol–water partition coefficient (Wildman–Crippen LogP) is 2.58. The molecule has 0 aliphatic carbocycles. The molecule has 5 nitrogen and oxygen atoms in total. The lowest BCUT2D eigenvalue weighted by atomic mass is 10.1. The first-order chi connectivity index (χ1) is 9.06. The van der Waals surface area contributed by atoms with E-state index in [1.54, 1.807) is 11.8 Å². The summed E-state index contributed by atoms with van der Waals surface area (Å²) in [7, 11) is 0. The van der Waals surface area contributed by atoms with Gasteiger partial charge in [0.15, 0.2) is 5.16 Å². The van der Waals surface area contributed by atoms with Gasteiger partial charge in [0.25, 0.3) is 0 Å². The summed E-state index contributed by atoms with van der Waals surface area (Å²) in [5, 5.41) is 1.21. The van der Waals surface area contributed by atoms with Crippen LogP contribution >= 0.6 is 11.8 Å². The van der Waals surface area contributed by atoms with Crippen molar-refractivity contribution in [2.75, 3.05) is 23.7 Å². The minimum Gasteiger partial charge on any atom is -0.368 e. The van der Waals surface area contributed by atoms with Gasteiger partial charge in [-0.1, -0.05) is 32.5 Å². The van der Waals surface area contributed by atoms with Crippen LogP contribution in [0.15, 0.2) is 5.16 Å². The Labute approximate surface area is 119 Å². The third-order valence-electron chi connectivity index (χ3n) is 3.49. The van der Waals surface area contributed by atoms with Crippen LogP contribution in [-0.2, 0) is 0 Å². The second kappa shape index (κ2) is 6.41. The van der Waals surface area contributed by atoms with Crippen LogP contribution in [0.3, 0.4) is 0 Å². The highest BCUT2D eigenvalue weighted by Gasteiger charge is 2.17. The largest absolute Gasteiger partial charge is 0.368 e. The molecule has 1 fully saturated rings. The van der Waals surface area contributed by atoms with Crippen LogP contribution in [0, 0.1) is 5.92 Å². The molecule has 1 atom stereocenters. The topological polar surface area (TPSA) is 67.9 Å². The second-order valence-electron chi connectivity index (χ2n) is 5.39. The summed E-state index contributed by atoms with van der Waals surface area (Å²) >= 11 is 1.68. The lowest BCUT2D eigenvalue weighted by Gasteiger charge is -2.26. The lowest BCUT2D eigenvalue weighted by molar-refractivity contribution is 0.565. The van der Waals surface area contributed by atoms with Crippen molar-refractivity contribution in [1.29, 1.82) is 0 Å². The molecule has 0 spiro atoms. The van der Waals surface area contributed by atoms with E-state index in [-0.39, 0.29) is 0 Å². The minimum absolute atomic E-state index is 0.328. The molecular weight excluding hydrogens is 258 g/mol. The van der Waals surface area contributed by atoms with Crippen molar-refractivity contribution >= 4 is 23.7 Å². The van der Waals surface area contributed by atoms with Gasteiger partial charge in [0, 0.05) is 18.3 Å². The van der Waals surface area contributed by atoms with Gasteiger partial charge in [0.05, 0.1) is 0 Å². The van der Waals surface area contributed by atoms with Crippen LogP contribution in [0.2, 0.25) is 0 Å². The quantitative estimate of drug-likeness (QED) is 0.856. The Bertz CT molecular complexity index is 417. The van der Waals surface area contributed by atoms with E-state index < -0.39 is 0 Å². The summed E-state index contributed by atoms with van der Waals surface area (Å²) in [5.74, 6) is 1.65. The zero-order valence-corrected chi connectivity index (χ0v) is 12.8. The highest BCUT2D eigenvalue weighted by Crippen LogP contribution is 2.27. The maximum Gasteiger partial charge on any atom is 0.231 e. The number of aromatic nitrogens is 3. The molecule has 1 aliphatic heterocycles. The smallest absolute Gasteiger partial charge is 0.231 e. The normalized spacial score (nSPS) is 17.8. The molecule has 1 aromatic rings. The summed E-state index contributed by atoms with van der Waals surface area (Å²) in [5.41, 5.74) is 5.82. The SMILES string of the molecule is CC(C)C(C)Sc1nc(N)nc(N2CCCCC2)n1. The van der Waals surface area contributed by atoms with Crippen molar-refractivity contribution < 1.29 is 0 Å². The fraction of sp³-hybridized carbons (Fsp3) is 0.769. The van der Waals surface area contributed by atoms with Gasteiger partial charge in [-0.05, 0) is 25.2 Å². The van der Waals surface area contributed by atoms with E-state index in [4.69, 9.17) is 5.73 Å². The monoisotopic (exact) mass is 281 g/mol. The minimum atomic E-state index is 0.328. The average molecular weight is 281 g/mol. The highest BCUT2D eigenvalue weighted by atomic mass is 32.2. The van der Waals surface area contributed by atoms with E-state index in [0.717, 1.165) is 24.2 Å². The van der Waals surface area contributed by atoms with Gasteiger partial charge >= 0.3 is 0 Å². The zero-order chi connectivity index (χ0) is 13.8. The van der Waals surface area contributed by atoms with E-state index in [2.05, 4.69) is 40.6 Å². The van der Waals surface area contributed by atoms with Gasteiger partial charge < -0.3 is 10.6 Å². The first-order valence-electron chi connectivity index (χ1n) is 6.99. The molecule has 0 aromatic carbocycles. The third kappa shape index (κ3) is 3.96. The van der Waals surface area contributed by atoms with Gasteiger partial charge in [-0.25, -0.2) is 0 Å². The molecule has 6 heteroatoms. The molecule has 1 aromatic heterocycles. The van der Waals surface area contributed by atoms with Crippen LogP contribution in [-0.4, -0.2) is 33.3 Å². The van der Waals surface area contributed by atoms with Crippen molar-refractivity contribution in [3.05, 3.63) is 0 Å². The van der Waals surface area contributed by atoms with Crippen molar-refractivity contribution in [1.82, 2.24) is 15.0 Å². The standard InChI is InChI=1S/C13H23N5S/c1-9(2)10(3)19-13-16-11(14)15-12(17-13)18-7-5-4-6-8-18/h9-10H,4-8H2,1-3H3,(H2,14,15,16,17). The number of hydrogen-bond donors (Lipinski definition) is 1. The first-order valence-corrected chi connectivity index (χ1v) is 7.87. The highest BCUT2D eigenvalue weighted by molar-refractivity contribution is 7.99. The Morgan fingerprint density at radius 1 is 1.05 bits per heavy atom. The fourth-order valence-corrected chi connectivity index (χ4v) is 2.84. The fourth-order valence-electron chi connectivity index (χ4n) is 1.95. The zero-order valence-electron chi connectivity index (χ0n) is 12.0. The Hall–Kier alpha value is -1.04. The van der Waals surface area contributed by atoms with Crippen LogP contribution in [0.25, 0.3) is 0 Å². The summed E-state index contributed by atoms with van der Waals surface area (Å²) in [6, 6.07) is 0. The van der Waals surface area contributed by atoms with Gasteiger partial charge in [-0.15, -0.1) is 0 Å². The van der Waals surface area contributed by atoms with Crippen LogP contribution < -0.4 is 10.6 Å². The van der Waals surface area contributed by atoms with Crippen LogP contribution in [0.1, 0.15) is 40.0 Å². The van der Waals surface area contributed by atoms with E-state index in [1.165, 1.54) is 19.3 Å². The molecule has 19 heavy (non-hydrogen) atoms. The molecule has 106 valence electrons. The summed E-state index contributed by atoms with van der Waals surface area (Å²) in [6.45, 7) is 8.64. The molecule has 2 rings (SSSR count). The number of hydrogen-bond acceptors (Lipinski definition) is 6. The number of thioether (sulfide) groups is 1. The summed E-state index contributed by atoms with van der Waals surface area (Å²) < 4.78 is 0. The number of piperidine rings is 1. The van der Waals surface area contributed by atoms with Crippen molar-refractivity contribution in [3.63, 3.8) is 0 Å². The molecular formula is C13H23N5S. The average Bonchev–Trinajstić information content (AvgIpc) is 2.39. The molecule has 1 unspecified atom stereocenters. The van der Waals surface area contributed by atoms with Gasteiger partial charge in [-0.3, -0.25) is 0 Å². The van der Waals surface area contributed by atoms with Gasteiger partial charge in [0.1, 0.15) is 0 Å². The molecule has 1 saturated heterocycles. The Balaban J connectivity index is 2.14. The molecule has 2 N–H and O–H groups in total. The molecule has 0 bridgehead atoms. The molecule has 0 amide bonds. The van der Waals surface area contributed by atoms with E-state index in [9.17, 15) is 0 Å². The number of rotatable bonds is 4. The van der Waals surface area contributed by atoms with Gasteiger partial charge in [-0.2, -0.15) is 15.0 Å². The number of nitrogens with two attached hydrogens (primary N) is 1. The summed E-state index contributed by atoms with van der Waals surface area (Å²) in [4.78, 5) is 15.3. The van der Waals surface area contributed by atoms with Crippen LogP contribution in [0.4, 0.5) is 11.9 Å². The molecule has 1 aliphatic rings. The number of nitrogen functional groups attached to an aromatic ring is 1. The maximum absolute atomic E-state index is 5.82. The molecule has 0 saturated carbocycles. The Morgan fingerprint density at radius 3 is 2.37 bits per heavy atom. The summed E-state index contributed by atoms with van der Waals surface area (Å²) in [6.07, 6.45) is 3.70. The maximum atomic E-state index is 5.82. The van der Waals surface area contributed by atoms with E-state index in [1.807, 2.05) is 0 Å². The molecule has 2 heterocycles. The number of nitrogens with zero attached hydrogens (tertiary/aromatic N) is 4. The van der Waals surface area contributed by atoms with E-state index >= 15 is 0 Å². The first kappa shape index (κ1) is 14.4. The Morgan fingerprint density at radius 2 is 1.74 bits per heavy atom. The molecule has 0 radical (unpaired) electrons. The Kier molecular flexibility index (Phi) is 4.85. The third-order valence-corrected chi connectivity index (χ3v) is 4.80. The van der Waals surface area contributed by atoms with Crippen LogP contribution in [0.5, 0.6) is 0 Å². The number of anilines is 2. The van der Waals surface area contributed by atoms with E-state index in [0.29, 0.717) is 17.1 Å².